The minimum Gasteiger partial charge on any atom is -0.435 e. The number of carbonyl (C=O) groups is 1. The van der Waals surface area contributed by atoms with Gasteiger partial charge in [-0.25, -0.2) is 0 Å². The molecular formula is C17H23F4NO3. The summed E-state index contributed by atoms with van der Waals surface area (Å²) in [6.07, 6.45) is 0.218. The first-order valence-corrected chi connectivity index (χ1v) is 7.93. The maximum Gasteiger partial charge on any atom is 0.387 e. The van der Waals surface area contributed by atoms with Crippen LogP contribution in [0.15, 0.2) is 24.3 Å². The third-order valence-corrected chi connectivity index (χ3v) is 3.86. The summed E-state index contributed by atoms with van der Waals surface area (Å²) in [6, 6.07) is 4.62. The van der Waals surface area contributed by atoms with Crippen molar-refractivity contribution in [1.82, 2.24) is 5.32 Å². The lowest BCUT2D eigenvalue weighted by atomic mass is 9.94. The molecule has 1 rings (SSSR count). The Morgan fingerprint density at radius 3 is 2.36 bits per heavy atom. The fourth-order valence-corrected chi connectivity index (χ4v) is 2.08. The number of alkyl halides is 4. The number of carbonyl (C=O) groups excluding carboxylic acids is 1. The molecule has 0 fully saturated rings. The van der Waals surface area contributed by atoms with Crippen LogP contribution >= 0.6 is 0 Å². The maximum absolute atomic E-state index is 12.4. The van der Waals surface area contributed by atoms with Gasteiger partial charge in [0.25, 0.3) is 0 Å². The summed E-state index contributed by atoms with van der Waals surface area (Å²) in [4.78, 5) is 12.1. The highest BCUT2D eigenvalue weighted by Crippen LogP contribution is 2.23. The van der Waals surface area contributed by atoms with Gasteiger partial charge in [0.05, 0.1) is 12.6 Å². The van der Waals surface area contributed by atoms with Crippen molar-refractivity contribution in [3.05, 3.63) is 29.8 Å². The lowest BCUT2D eigenvalue weighted by Crippen LogP contribution is -2.33. The second-order valence-electron chi connectivity index (χ2n) is 6.09. The number of rotatable bonds is 10. The van der Waals surface area contributed by atoms with E-state index in [9.17, 15) is 22.4 Å². The standard InChI is InChI=1S/C17H23F4NO3/c1-10(2)11(3)7-15(23)22-14(9-24-16(18)19)12-5-4-6-13(8-12)25-17(20)21/h4-6,8,10-11,14,16-17H,7,9H2,1-3H3,(H,22,23)/t11?,14-/m0/s1. The monoisotopic (exact) mass is 365 g/mol. The van der Waals surface area contributed by atoms with Gasteiger partial charge in [0.2, 0.25) is 5.91 Å². The Balaban J connectivity index is 2.87. The second kappa shape index (κ2) is 10.2. The summed E-state index contributed by atoms with van der Waals surface area (Å²) in [7, 11) is 0. The third kappa shape index (κ3) is 8.20. The quantitative estimate of drug-likeness (QED) is 0.627. The summed E-state index contributed by atoms with van der Waals surface area (Å²) in [5.74, 6) is -0.0713. The molecule has 0 heterocycles. The first kappa shape index (κ1) is 21.2. The molecule has 0 aromatic heterocycles. The van der Waals surface area contributed by atoms with Crippen molar-refractivity contribution < 1.29 is 31.8 Å². The van der Waals surface area contributed by atoms with Crippen LogP contribution in [0.2, 0.25) is 0 Å². The van der Waals surface area contributed by atoms with Crippen LogP contribution in [0.1, 0.15) is 38.8 Å². The summed E-state index contributed by atoms with van der Waals surface area (Å²) >= 11 is 0. The van der Waals surface area contributed by atoms with E-state index in [1.165, 1.54) is 24.3 Å². The normalized spacial score (nSPS) is 14.0. The lowest BCUT2D eigenvalue weighted by molar-refractivity contribution is -0.139. The molecule has 0 bridgehead atoms. The van der Waals surface area contributed by atoms with Crippen LogP contribution in [-0.2, 0) is 9.53 Å². The van der Waals surface area contributed by atoms with E-state index in [-0.39, 0.29) is 29.9 Å². The van der Waals surface area contributed by atoms with Gasteiger partial charge in [-0.2, -0.15) is 17.6 Å². The molecular weight excluding hydrogens is 342 g/mol. The number of nitrogens with one attached hydrogen (secondary N) is 1. The predicted octanol–water partition coefficient (Wildman–Crippen LogP) is 4.37. The molecule has 0 radical (unpaired) electrons. The maximum atomic E-state index is 12.4. The Labute approximate surface area is 144 Å². The molecule has 1 N–H and O–H groups in total. The van der Waals surface area contributed by atoms with Gasteiger partial charge in [0, 0.05) is 6.42 Å². The molecule has 8 heteroatoms. The predicted molar refractivity (Wildman–Crippen MR) is 84.5 cm³/mol. The molecule has 142 valence electrons. The van der Waals surface area contributed by atoms with Gasteiger partial charge < -0.3 is 14.8 Å². The number of hydrogen-bond acceptors (Lipinski definition) is 3. The fourth-order valence-electron chi connectivity index (χ4n) is 2.08. The van der Waals surface area contributed by atoms with Crippen molar-refractivity contribution in [2.24, 2.45) is 11.8 Å². The molecule has 0 saturated heterocycles. The average molecular weight is 365 g/mol. The first-order valence-electron chi connectivity index (χ1n) is 7.93. The zero-order valence-electron chi connectivity index (χ0n) is 14.3. The Hall–Kier alpha value is -1.83. The van der Waals surface area contributed by atoms with E-state index in [4.69, 9.17) is 0 Å². The van der Waals surface area contributed by atoms with Gasteiger partial charge in [-0.1, -0.05) is 32.9 Å². The summed E-state index contributed by atoms with van der Waals surface area (Å²) in [6.45, 7) is -0.646. The Morgan fingerprint density at radius 2 is 1.80 bits per heavy atom. The van der Waals surface area contributed by atoms with Gasteiger partial charge in [-0.15, -0.1) is 0 Å². The molecule has 0 aliphatic heterocycles. The highest BCUT2D eigenvalue weighted by Gasteiger charge is 2.20. The van der Waals surface area contributed by atoms with Crippen LogP contribution < -0.4 is 10.1 Å². The molecule has 2 atom stereocenters. The second-order valence-corrected chi connectivity index (χ2v) is 6.09. The highest BCUT2D eigenvalue weighted by molar-refractivity contribution is 5.76. The summed E-state index contributed by atoms with van der Waals surface area (Å²) in [5.41, 5.74) is 0.337. The molecule has 25 heavy (non-hydrogen) atoms. The molecule has 1 aromatic rings. The number of ether oxygens (including phenoxy) is 2. The van der Waals surface area contributed by atoms with Crippen molar-refractivity contribution in [2.75, 3.05) is 6.61 Å². The smallest absolute Gasteiger partial charge is 0.387 e. The van der Waals surface area contributed by atoms with Crippen molar-refractivity contribution in [2.45, 2.75) is 46.5 Å². The van der Waals surface area contributed by atoms with Crippen LogP contribution in [0.25, 0.3) is 0 Å². The van der Waals surface area contributed by atoms with E-state index in [1.54, 1.807) is 0 Å². The van der Waals surface area contributed by atoms with E-state index in [0.29, 0.717) is 5.56 Å². The first-order chi connectivity index (χ1) is 11.7. The van der Waals surface area contributed by atoms with Crippen molar-refractivity contribution in [1.29, 1.82) is 0 Å². The largest absolute Gasteiger partial charge is 0.435 e. The zero-order chi connectivity index (χ0) is 19.0. The SMILES string of the molecule is CC(C)C(C)CC(=O)N[C@@H](COC(F)F)c1cccc(OC(F)F)c1. The molecule has 0 spiro atoms. The van der Waals surface area contributed by atoms with Crippen LogP contribution in [0.5, 0.6) is 5.75 Å². The number of amides is 1. The van der Waals surface area contributed by atoms with Gasteiger partial charge in [0.1, 0.15) is 5.75 Å². The van der Waals surface area contributed by atoms with E-state index in [0.717, 1.165) is 0 Å². The fraction of sp³-hybridized carbons (Fsp3) is 0.588. The zero-order valence-corrected chi connectivity index (χ0v) is 14.3. The van der Waals surface area contributed by atoms with Crippen molar-refractivity contribution in [3.63, 3.8) is 0 Å². The molecule has 1 aromatic carbocycles. The Bertz CT molecular complexity index is 540. The van der Waals surface area contributed by atoms with Crippen molar-refractivity contribution in [3.8, 4) is 5.75 Å². The van der Waals surface area contributed by atoms with Gasteiger partial charge in [-0.05, 0) is 29.5 Å². The number of benzene rings is 1. The van der Waals surface area contributed by atoms with Gasteiger partial charge in [-0.3, -0.25) is 4.79 Å². The van der Waals surface area contributed by atoms with Crippen molar-refractivity contribution >= 4 is 5.91 Å². The molecule has 0 aliphatic carbocycles. The molecule has 0 aliphatic rings. The molecule has 0 saturated carbocycles. The van der Waals surface area contributed by atoms with Crippen LogP contribution in [-0.4, -0.2) is 25.7 Å². The van der Waals surface area contributed by atoms with E-state index in [2.05, 4.69) is 14.8 Å². The van der Waals surface area contributed by atoms with E-state index >= 15 is 0 Å². The van der Waals surface area contributed by atoms with Crippen LogP contribution in [0.3, 0.4) is 0 Å². The Kier molecular flexibility index (Phi) is 8.68. The minimum absolute atomic E-state index is 0.102. The van der Waals surface area contributed by atoms with Gasteiger partial charge in [0.15, 0.2) is 0 Å². The molecule has 4 nitrogen and oxygen atoms in total. The molecule has 1 amide bonds. The topological polar surface area (TPSA) is 47.6 Å². The average Bonchev–Trinajstić information content (AvgIpc) is 2.50. The number of hydrogen-bond donors (Lipinski definition) is 1. The minimum atomic E-state index is -3.01. The van der Waals surface area contributed by atoms with Crippen LogP contribution in [0, 0.1) is 11.8 Å². The van der Waals surface area contributed by atoms with Crippen LogP contribution in [0.4, 0.5) is 17.6 Å². The van der Waals surface area contributed by atoms with E-state index < -0.39 is 25.9 Å². The summed E-state index contributed by atoms with van der Waals surface area (Å²) < 4.78 is 57.9. The van der Waals surface area contributed by atoms with Gasteiger partial charge >= 0.3 is 13.2 Å². The highest BCUT2D eigenvalue weighted by atomic mass is 19.3. The number of halogens is 4. The van der Waals surface area contributed by atoms with E-state index in [1.807, 2.05) is 20.8 Å². The third-order valence-electron chi connectivity index (χ3n) is 3.86. The molecule has 1 unspecified atom stereocenters. The Morgan fingerprint density at radius 1 is 1.12 bits per heavy atom. The lowest BCUT2D eigenvalue weighted by Gasteiger charge is -2.22. The summed E-state index contributed by atoms with van der Waals surface area (Å²) in [5, 5.41) is 2.61.